The predicted molar refractivity (Wildman–Crippen MR) is 63.3 cm³/mol. The SMILES string of the molecule is C[C@H]1CCC=CN1S(=O)(=O)c1ccccc1. The first-order valence-electron chi connectivity index (χ1n) is 5.37. The minimum atomic E-state index is -3.36. The van der Waals surface area contributed by atoms with Crippen LogP contribution in [0.5, 0.6) is 0 Å². The average molecular weight is 237 g/mol. The minimum Gasteiger partial charge on any atom is -0.271 e. The van der Waals surface area contributed by atoms with Crippen LogP contribution in [0.4, 0.5) is 0 Å². The van der Waals surface area contributed by atoms with Crippen LogP contribution in [0, 0.1) is 0 Å². The van der Waals surface area contributed by atoms with Gasteiger partial charge in [-0.15, -0.1) is 0 Å². The van der Waals surface area contributed by atoms with E-state index in [4.69, 9.17) is 0 Å². The van der Waals surface area contributed by atoms with Gasteiger partial charge in [-0.05, 0) is 31.9 Å². The van der Waals surface area contributed by atoms with Crippen molar-refractivity contribution >= 4 is 10.0 Å². The van der Waals surface area contributed by atoms with E-state index in [-0.39, 0.29) is 6.04 Å². The molecule has 0 N–H and O–H groups in total. The second-order valence-electron chi connectivity index (χ2n) is 3.96. The van der Waals surface area contributed by atoms with E-state index in [0.29, 0.717) is 4.90 Å². The summed E-state index contributed by atoms with van der Waals surface area (Å²) in [5, 5.41) is 0. The number of allylic oxidation sites excluding steroid dienone is 1. The monoisotopic (exact) mass is 237 g/mol. The van der Waals surface area contributed by atoms with Crippen LogP contribution in [-0.4, -0.2) is 18.8 Å². The van der Waals surface area contributed by atoms with Gasteiger partial charge in [-0.1, -0.05) is 24.3 Å². The molecule has 0 saturated carbocycles. The summed E-state index contributed by atoms with van der Waals surface area (Å²) in [5.41, 5.74) is 0. The van der Waals surface area contributed by atoms with Gasteiger partial charge in [0.05, 0.1) is 4.90 Å². The van der Waals surface area contributed by atoms with E-state index in [1.54, 1.807) is 30.5 Å². The van der Waals surface area contributed by atoms with Crippen molar-refractivity contribution in [3.8, 4) is 0 Å². The molecular weight excluding hydrogens is 222 g/mol. The lowest BCUT2D eigenvalue weighted by Crippen LogP contribution is -2.35. The molecule has 1 aromatic rings. The molecule has 3 nitrogen and oxygen atoms in total. The van der Waals surface area contributed by atoms with E-state index in [2.05, 4.69) is 0 Å². The normalized spacial score (nSPS) is 21.1. The zero-order chi connectivity index (χ0) is 11.6. The number of nitrogens with zero attached hydrogens (tertiary/aromatic N) is 1. The van der Waals surface area contributed by atoms with Crippen LogP contribution in [0.3, 0.4) is 0 Å². The maximum absolute atomic E-state index is 12.3. The van der Waals surface area contributed by atoms with Gasteiger partial charge in [-0.25, -0.2) is 8.42 Å². The maximum atomic E-state index is 12.3. The van der Waals surface area contributed by atoms with Crippen LogP contribution in [-0.2, 0) is 10.0 Å². The van der Waals surface area contributed by atoms with E-state index < -0.39 is 10.0 Å². The Bertz CT molecular complexity index is 479. The van der Waals surface area contributed by atoms with Gasteiger partial charge >= 0.3 is 0 Å². The molecule has 0 amide bonds. The van der Waals surface area contributed by atoms with Gasteiger partial charge in [0.1, 0.15) is 0 Å². The topological polar surface area (TPSA) is 37.4 Å². The molecule has 0 fully saturated rings. The summed E-state index contributed by atoms with van der Waals surface area (Å²) in [4.78, 5) is 0.355. The van der Waals surface area contributed by atoms with Gasteiger partial charge in [0.2, 0.25) is 0 Å². The van der Waals surface area contributed by atoms with Crippen molar-refractivity contribution in [1.29, 1.82) is 0 Å². The van der Waals surface area contributed by atoms with Crippen LogP contribution in [0.2, 0.25) is 0 Å². The zero-order valence-electron chi connectivity index (χ0n) is 9.20. The molecule has 1 aliphatic heterocycles. The Labute approximate surface area is 96.4 Å². The molecule has 0 aromatic heterocycles. The third-order valence-electron chi connectivity index (χ3n) is 2.76. The molecule has 1 atom stereocenters. The van der Waals surface area contributed by atoms with E-state index in [1.807, 2.05) is 19.1 Å². The molecule has 1 aliphatic rings. The molecule has 0 spiro atoms. The number of hydrogen-bond acceptors (Lipinski definition) is 2. The standard InChI is InChI=1S/C12H15NO2S/c1-11-7-5-6-10-13(11)16(14,15)12-8-3-2-4-9-12/h2-4,6,8-11H,5,7H2,1H3/t11-/m0/s1. The third kappa shape index (κ3) is 1.97. The molecule has 2 rings (SSSR count). The summed E-state index contributed by atoms with van der Waals surface area (Å²) in [6, 6.07) is 8.59. The summed E-state index contributed by atoms with van der Waals surface area (Å²) >= 11 is 0. The molecule has 16 heavy (non-hydrogen) atoms. The molecule has 86 valence electrons. The molecular formula is C12H15NO2S. The van der Waals surface area contributed by atoms with Crippen molar-refractivity contribution in [2.45, 2.75) is 30.7 Å². The Hall–Kier alpha value is -1.29. The molecule has 0 radical (unpaired) electrons. The molecule has 0 bridgehead atoms. The van der Waals surface area contributed by atoms with Crippen LogP contribution in [0.1, 0.15) is 19.8 Å². The molecule has 4 heteroatoms. The van der Waals surface area contributed by atoms with Gasteiger partial charge in [0.15, 0.2) is 0 Å². The van der Waals surface area contributed by atoms with Crippen LogP contribution in [0.15, 0.2) is 47.5 Å². The Balaban J connectivity index is 2.39. The molecule has 0 unspecified atom stereocenters. The van der Waals surface area contributed by atoms with Crippen molar-refractivity contribution in [3.63, 3.8) is 0 Å². The minimum absolute atomic E-state index is 0.0372. The average Bonchev–Trinajstić information content (AvgIpc) is 2.30. The first kappa shape index (κ1) is 11.2. The van der Waals surface area contributed by atoms with Gasteiger partial charge in [-0.2, -0.15) is 0 Å². The lowest BCUT2D eigenvalue weighted by Gasteiger charge is -2.29. The maximum Gasteiger partial charge on any atom is 0.264 e. The van der Waals surface area contributed by atoms with Gasteiger partial charge in [-0.3, -0.25) is 4.31 Å². The smallest absolute Gasteiger partial charge is 0.264 e. The first-order chi connectivity index (χ1) is 7.62. The second kappa shape index (κ2) is 4.29. The van der Waals surface area contributed by atoms with Crippen molar-refractivity contribution in [3.05, 3.63) is 42.6 Å². The highest BCUT2D eigenvalue weighted by atomic mass is 32.2. The number of rotatable bonds is 2. The highest BCUT2D eigenvalue weighted by Crippen LogP contribution is 2.23. The lowest BCUT2D eigenvalue weighted by atomic mass is 10.1. The summed E-state index contributed by atoms with van der Waals surface area (Å²) in [7, 11) is -3.36. The highest BCUT2D eigenvalue weighted by molar-refractivity contribution is 7.89. The number of sulfonamides is 1. The highest BCUT2D eigenvalue weighted by Gasteiger charge is 2.26. The Kier molecular flexibility index (Phi) is 3.01. The second-order valence-corrected chi connectivity index (χ2v) is 5.80. The Morgan fingerprint density at radius 2 is 1.94 bits per heavy atom. The van der Waals surface area contributed by atoms with E-state index in [0.717, 1.165) is 12.8 Å². The summed E-state index contributed by atoms with van der Waals surface area (Å²) < 4.78 is 26.0. The Morgan fingerprint density at radius 1 is 1.25 bits per heavy atom. The first-order valence-corrected chi connectivity index (χ1v) is 6.81. The fourth-order valence-electron chi connectivity index (χ4n) is 1.82. The van der Waals surface area contributed by atoms with Crippen LogP contribution < -0.4 is 0 Å². The summed E-state index contributed by atoms with van der Waals surface area (Å²) in [6.07, 6.45) is 5.40. The van der Waals surface area contributed by atoms with E-state index in [9.17, 15) is 8.42 Å². The number of hydrogen-bond donors (Lipinski definition) is 0. The summed E-state index contributed by atoms with van der Waals surface area (Å²) in [6.45, 7) is 1.93. The lowest BCUT2D eigenvalue weighted by molar-refractivity contribution is 0.386. The fourth-order valence-corrected chi connectivity index (χ4v) is 3.39. The summed E-state index contributed by atoms with van der Waals surface area (Å²) in [5.74, 6) is 0. The van der Waals surface area contributed by atoms with Gasteiger partial charge in [0, 0.05) is 12.2 Å². The van der Waals surface area contributed by atoms with Crippen LogP contribution >= 0.6 is 0 Å². The number of benzene rings is 1. The third-order valence-corrected chi connectivity index (χ3v) is 4.66. The molecule has 1 aromatic carbocycles. The predicted octanol–water partition coefficient (Wildman–Crippen LogP) is 2.37. The molecule has 1 heterocycles. The van der Waals surface area contributed by atoms with Gasteiger partial charge < -0.3 is 0 Å². The Morgan fingerprint density at radius 3 is 2.56 bits per heavy atom. The van der Waals surface area contributed by atoms with Crippen LogP contribution in [0.25, 0.3) is 0 Å². The van der Waals surface area contributed by atoms with Crippen molar-refractivity contribution in [2.24, 2.45) is 0 Å². The largest absolute Gasteiger partial charge is 0.271 e. The van der Waals surface area contributed by atoms with E-state index in [1.165, 1.54) is 4.31 Å². The molecule has 0 aliphatic carbocycles. The quantitative estimate of drug-likeness (QED) is 0.792. The zero-order valence-corrected chi connectivity index (χ0v) is 10.0. The van der Waals surface area contributed by atoms with E-state index >= 15 is 0 Å². The van der Waals surface area contributed by atoms with Crippen molar-refractivity contribution in [1.82, 2.24) is 4.31 Å². The molecule has 0 saturated heterocycles. The van der Waals surface area contributed by atoms with Crippen molar-refractivity contribution < 1.29 is 8.42 Å². The van der Waals surface area contributed by atoms with Gasteiger partial charge in [0.25, 0.3) is 10.0 Å². The fraction of sp³-hybridized carbons (Fsp3) is 0.333. The van der Waals surface area contributed by atoms with Crippen molar-refractivity contribution in [2.75, 3.05) is 0 Å².